The number of carbonyl (C=O) groups is 2. The summed E-state index contributed by atoms with van der Waals surface area (Å²) in [7, 11) is -3.82. The van der Waals surface area contributed by atoms with Gasteiger partial charge in [0.25, 0.3) is 15.9 Å². The second kappa shape index (κ2) is 7.09. The molecule has 7 nitrogen and oxygen atoms in total. The molecule has 28 heavy (non-hydrogen) atoms. The van der Waals surface area contributed by atoms with Gasteiger partial charge in [-0.15, -0.1) is 0 Å². The number of piperidine rings is 1. The van der Waals surface area contributed by atoms with Crippen molar-refractivity contribution in [2.24, 2.45) is 0 Å². The van der Waals surface area contributed by atoms with Crippen LogP contribution in [-0.4, -0.2) is 50.9 Å². The van der Waals surface area contributed by atoms with Crippen molar-refractivity contribution in [3.63, 3.8) is 0 Å². The second-order valence-electron chi connectivity index (χ2n) is 7.24. The van der Waals surface area contributed by atoms with Gasteiger partial charge >= 0.3 is 5.97 Å². The van der Waals surface area contributed by atoms with Crippen LogP contribution in [0.25, 0.3) is 10.8 Å². The van der Waals surface area contributed by atoms with Crippen molar-refractivity contribution >= 4 is 38.4 Å². The minimum absolute atomic E-state index is 0.131. The molecule has 2 heterocycles. The maximum absolute atomic E-state index is 12.9. The first-order valence-corrected chi connectivity index (χ1v) is 10.8. The van der Waals surface area contributed by atoms with E-state index in [0.717, 1.165) is 29.0 Å². The van der Waals surface area contributed by atoms with E-state index in [1.807, 2.05) is 19.1 Å². The molecule has 0 aromatic heterocycles. The Morgan fingerprint density at radius 2 is 1.89 bits per heavy atom. The standard InChI is InChI=1S/C20H22N2O5S/c1-14-6-2-3-11-21(14)18(23)13-27-19(24)12-22-16-9-4-7-15-8-5-10-17(20(15)16)28(22,25)26/h4-5,7-10,14H,2-3,6,11-13H2,1H3/t14-/m0/s1. The normalized spacial score (nSPS) is 20.4. The molecule has 0 unspecified atom stereocenters. The van der Waals surface area contributed by atoms with E-state index in [4.69, 9.17) is 4.74 Å². The molecular weight excluding hydrogens is 380 g/mol. The predicted molar refractivity (Wildman–Crippen MR) is 104 cm³/mol. The summed E-state index contributed by atoms with van der Waals surface area (Å²) >= 11 is 0. The van der Waals surface area contributed by atoms with Crippen molar-refractivity contribution in [1.82, 2.24) is 4.90 Å². The molecule has 2 aromatic carbocycles. The number of ether oxygens (including phenoxy) is 1. The number of anilines is 1. The van der Waals surface area contributed by atoms with Crippen LogP contribution >= 0.6 is 0 Å². The molecule has 2 aliphatic heterocycles. The van der Waals surface area contributed by atoms with Crippen LogP contribution in [0.2, 0.25) is 0 Å². The number of likely N-dealkylation sites (tertiary alicyclic amines) is 1. The van der Waals surface area contributed by atoms with Gasteiger partial charge in [0, 0.05) is 18.0 Å². The largest absolute Gasteiger partial charge is 0.454 e. The summed E-state index contributed by atoms with van der Waals surface area (Å²) in [4.78, 5) is 26.6. The molecule has 1 fully saturated rings. The number of hydrogen-bond donors (Lipinski definition) is 0. The van der Waals surface area contributed by atoms with Gasteiger partial charge in [-0.1, -0.05) is 24.3 Å². The van der Waals surface area contributed by atoms with Crippen LogP contribution < -0.4 is 4.31 Å². The van der Waals surface area contributed by atoms with E-state index < -0.39 is 22.5 Å². The van der Waals surface area contributed by atoms with Gasteiger partial charge in [0.1, 0.15) is 6.54 Å². The molecule has 1 saturated heterocycles. The number of sulfonamides is 1. The monoisotopic (exact) mass is 402 g/mol. The highest BCUT2D eigenvalue weighted by atomic mass is 32.2. The Balaban J connectivity index is 1.47. The second-order valence-corrected chi connectivity index (χ2v) is 9.07. The molecule has 2 aliphatic rings. The summed E-state index contributed by atoms with van der Waals surface area (Å²) in [6, 6.07) is 10.4. The first-order valence-electron chi connectivity index (χ1n) is 9.39. The Bertz CT molecular complexity index is 1040. The van der Waals surface area contributed by atoms with Gasteiger partial charge < -0.3 is 9.64 Å². The van der Waals surface area contributed by atoms with Gasteiger partial charge in [-0.2, -0.15) is 0 Å². The third-order valence-electron chi connectivity index (χ3n) is 5.43. The van der Waals surface area contributed by atoms with Gasteiger partial charge in [0.15, 0.2) is 6.61 Å². The predicted octanol–water partition coefficient (Wildman–Crippen LogP) is 2.29. The molecule has 0 aliphatic carbocycles. The molecule has 8 heteroatoms. The van der Waals surface area contributed by atoms with Crippen LogP contribution in [0.15, 0.2) is 41.3 Å². The Morgan fingerprint density at radius 3 is 2.64 bits per heavy atom. The molecule has 4 rings (SSSR count). The molecule has 2 aromatic rings. The van der Waals surface area contributed by atoms with Gasteiger partial charge in [-0.05, 0) is 43.7 Å². The van der Waals surface area contributed by atoms with Crippen LogP contribution in [0.3, 0.4) is 0 Å². The first kappa shape index (κ1) is 18.7. The topological polar surface area (TPSA) is 84.0 Å². The quantitative estimate of drug-likeness (QED) is 0.733. The lowest BCUT2D eigenvalue weighted by molar-refractivity contribution is -0.152. The lowest BCUT2D eigenvalue weighted by atomic mass is 10.0. The number of benzene rings is 2. The number of hydrogen-bond acceptors (Lipinski definition) is 5. The molecule has 0 bridgehead atoms. The van der Waals surface area contributed by atoms with Crippen molar-refractivity contribution in [2.75, 3.05) is 24.0 Å². The van der Waals surface area contributed by atoms with Gasteiger partial charge in [0.05, 0.1) is 10.6 Å². The third-order valence-corrected chi connectivity index (χ3v) is 7.24. The van der Waals surface area contributed by atoms with E-state index in [1.54, 1.807) is 23.1 Å². The van der Waals surface area contributed by atoms with E-state index in [-0.39, 0.29) is 23.5 Å². The smallest absolute Gasteiger partial charge is 0.327 e. The van der Waals surface area contributed by atoms with E-state index in [1.165, 1.54) is 6.07 Å². The maximum atomic E-state index is 12.9. The minimum Gasteiger partial charge on any atom is -0.454 e. The lowest BCUT2D eigenvalue weighted by Crippen LogP contribution is -2.44. The summed E-state index contributed by atoms with van der Waals surface area (Å²) < 4.78 is 31.9. The fourth-order valence-corrected chi connectivity index (χ4v) is 5.64. The average Bonchev–Trinajstić information content (AvgIpc) is 2.90. The van der Waals surface area contributed by atoms with Crippen molar-refractivity contribution < 1.29 is 22.7 Å². The Morgan fingerprint density at radius 1 is 1.14 bits per heavy atom. The van der Waals surface area contributed by atoms with Crippen molar-refractivity contribution in [1.29, 1.82) is 0 Å². The van der Waals surface area contributed by atoms with E-state index in [9.17, 15) is 18.0 Å². The number of amides is 1. The molecule has 1 atom stereocenters. The molecule has 0 radical (unpaired) electrons. The summed E-state index contributed by atoms with van der Waals surface area (Å²) in [5, 5.41) is 1.40. The van der Waals surface area contributed by atoms with Crippen LogP contribution in [0.4, 0.5) is 5.69 Å². The van der Waals surface area contributed by atoms with Crippen LogP contribution in [0.1, 0.15) is 26.2 Å². The SMILES string of the molecule is C[C@H]1CCCCN1C(=O)COC(=O)CN1c2cccc3cccc(c23)S1(=O)=O. The summed E-state index contributed by atoms with van der Waals surface area (Å²) in [6.45, 7) is 1.82. The van der Waals surface area contributed by atoms with Crippen LogP contribution in [0, 0.1) is 0 Å². The highest BCUT2D eigenvalue weighted by molar-refractivity contribution is 7.93. The minimum atomic E-state index is -3.82. The first-order chi connectivity index (χ1) is 13.4. The molecule has 0 saturated carbocycles. The maximum Gasteiger partial charge on any atom is 0.327 e. The zero-order valence-electron chi connectivity index (χ0n) is 15.6. The number of carbonyl (C=O) groups excluding carboxylic acids is 2. The fourth-order valence-electron chi connectivity index (χ4n) is 3.99. The molecule has 0 N–H and O–H groups in total. The number of nitrogens with zero attached hydrogens (tertiary/aromatic N) is 2. The van der Waals surface area contributed by atoms with Crippen LogP contribution in [0.5, 0.6) is 0 Å². The summed E-state index contributed by atoms with van der Waals surface area (Å²) in [5.41, 5.74) is 0.459. The summed E-state index contributed by atoms with van der Waals surface area (Å²) in [6.07, 6.45) is 2.97. The van der Waals surface area contributed by atoms with E-state index in [0.29, 0.717) is 17.6 Å². The third kappa shape index (κ3) is 3.11. The van der Waals surface area contributed by atoms with Crippen molar-refractivity contribution in [3.05, 3.63) is 36.4 Å². The highest BCUT2D eigenvalue weighted by Crippen LogP contribution is 2.41. The van der Waals surface area contributed by atoms with Crippen molar-refractivity contribution in [3.8, 4) is 0 Å². The van der Waals surface area contributed by atoms with Crippen molar-refractivity contribution in [2.45, 2.75) is 37.1 Å². The molecular formula is C20H22N2O5S. The number of rotatable bonds is 4. The van der Waals surface area contributed by atoms with E-state index >= 15 is 0 Å². The zero-order valence-corrected chi connectivity index (χ0v) is 16.4. The van der Waals surface area contributed by atoms with E-state index in [2.05, 4.69) is 0 Å². The van der Waals surface area contributed by atoms with Crippen LogP contribution in [-0.2, 0) is 24.3 Å². The zero-order chi connectivity index (χ0) is 19.9. The molecule has 148 valence electrons. The molecule has 0 spiro atoms. The Hall–Kier alpha value is -2.61. The Labute approximate surface area is 163 Å². The Kier molecular flexibility index (Phi) is 4.74. The van der Waals surface area contributed by atoms with Gasteiger partial charge in [0.2, 0.25) is 0 Å². The highest BCUT2D eigenvalue weighted by Gasteiger charge is 2.37. The molecule has 1 amide bonds. The van der Waals surface area contributed by atoms with Gasteiger partial charge in [-0.3, -0.25) is 13.9 Å². The van der Waals surface area contributed by atoms with Gasteiger partial charge in [-0.25, -0.2) is 8.42 Å². The average molecular weight is 402 g/mol. The fraction of sp³-hybridized carbons (Fsp3) is 0.400. The summed E-state index contributed by atoms with van der Waals surface area (Å²) in [5.74, 6) is -0.985. The number of esters is 1. The lowest BCUT2D eigenvalue weighted by Gasteiger charge is -2.33.